The molecule has 1 aliphatic rings. The number of ether oxygens (including phenoxy) is 1. The monoisotopic (exact) mass is 403 g/mol. The molecule has 4 rings (SSSR count). The number of allylic oxidation sites excluding steroid dienone is 1. The zero-order valence-electron chi connectivity index (χ0n) is 16.0. The number of rotatable bonds is 3. The van der Waals surface area contributed by atoms with Crippen LogP contribution < -0.4 is 4.90 Å². The van der Waals surface area contributed by atoms with Gasteiger partial charge < -0.3 is 4.74 Å². The lowest BCUT2D eigenvalue weighted by Gasteiger charge is -2.19. The minimum absolute atomic E-state index is 0.241. The fourth-order valence-corrected chi connectivity index (χ4v) is 3.86. The Bertz CT molecular complexity index is 1200. The Morgan fingerprint density at radius 1 is 1.00 bits per heavy atom. The Morgan fingerprint density at radius 2 is 1.69 bits per heavy atom. The number of para-hydroxylation sites is 1. The van der Waals surface area contributed by atoms with Crippen LogP contribution in [0.3, 0.4) is 0 Å². The number of carbonyl (C=O) groups excluding carboxylic acids is 2. The molecule has 1 amide bonds. The second-order valence-electron chi connectivity index (χ2n) is 6.67. The third kappa shape index (κ3) is 3.22. The highest BCUT2D eigenvalue weighted by Crippen LogP contribution is 2.38. The minimum atomic E-state index is -0.558. The molecule has 29 heavy (non-hydrogen) atoms. The summed E-state index contributed by atoms with van der Waals surface area (Å²) in [7, 11) is 1.31. The van der Waals surface area contributed by atoms with Crippen molar-refractivity contribution in [1.82, 2.24) is 0 Å². The van der Waals surface area contributed by atoms with Crippen molar-refractivity contribution in [3.63, 3.8) is 0 Å². The van der Waals surface area contributed by atoms with Gasteiger partial charge in [0.25, 0.3) is 5.91 Å². The molecule has 3 aromatic rings. The second-order valence-corrected chi connectivity index (χ2v) is 7.08. The first-order valence-corrected chi connectivity index (χ1v) is 9.48. The van der Waals surface area contributed by atoms with Crippen LogP contribution in [-0.4, -0.2) is 19.0 Å². The van der Waals surface area contributed by atoms with Crippen molar-refractivity contribution in [2.24, 2.45) is 0 Å². The average molecular weight is 404 g/mol. The molecule has 0 bridgehead atoms. The lowest BCUT2D eigenvalue weighted by molar-refractivity contribution is -0.136. The van der Waals surface area contributed by atoms with Crippen LogP contribution >= 0.6 is 11.6 Å². The van der Waals surface area contributed by atoms with Gasteiger partial charge >= 0.3 is 5.97 Å². The van der Waals surface area contributed by atoms with Crippen molar-refractivity contribution in [2.75, 3.05) is 12.0 Å². The molecule has 0 aromatic heterocycles. The first kappa shape index (κ1) is 19.0. The van der Waals surface area contributed by atoms with Crippen LogP contribution in [0.15, 0.2) is 83.6 Å². The summed E-state index contributed by atoms with van der Waals surface area (Å²) in [6.45, 7) is 1.72. The number of hydrogen-bond donors (Lipinski definition) is 0. The number of halogens is 1. The van der Waals surface area contributed by atoms with E-state index in [1.807, 2.05) is 42.5 Å². The SMILES string of the molecule is COC(=O)C1=C(C)N(c2ccccc2Cl)C(=O)/C1=C\c1cccc2ccccc12. The number of amides is 1. The van der Waals surface area contributed by atoms with Gasteiger partial charge in [0.1, 0.15) is 0 Å². The van der Waals surface area contributed by atoms with Gasteiger partial charge in [-0.05, 0) is 41.5 Å². The maximum atomic E-state index is 13.4. The van der Waals surface area contributed by atoms with Gasteiger partial charge in [-0.1, -0.05) is 66.2 Å². The number of hydrogen-bond acceptors (Lipinski definition) is 3. The van der Waals surface area contributed by atoms with Gasteiger partial charge in [0, 0.05) is 5.70 Å². The highest BCUT2D eigenvalue weighted by Gasteiger charge is 2.38. The predicted octanol–water partition coefficient (Wildman–Crippen LogP) is 5.37. The number of anilines is 1. The lowest BCUT2D eigenvalue weighted by atomic mass is 9.99. The van der Waals surface area contributed by atoms with E-state index in [2.05, 4.69) is 0 Å². The van der Waals surface area contributed by atoms with Crippen LogP contribution in [0.2, 0.25) is 5.02 Å². The van der Waals surface area contributed by atoms with E-state index < -0.39 is 5.97 Å². The number of carbonyl (C=O) groups is 2. The van der Waals surface area contributed by atoms with Crippen molar-refractivity contribution in [3.8, 4) is 0 Å². The van der Waals surface area contributed by atoms with E-state index in [-0.39, 0.29) is 17.1 Å². The number of fused-ring (bicyclic) bond motifs is 1. The largest absolute Gasteiger partial charge is 0.465 e. The predicted molar refractivity (Wildman–Crippen MR) is 116 cm³/mol. The number of nitrogens with zero attached hydrogens (tertiary/aromatic N) is 1. The van der Waals surface area contributed by atoms with Crippen LogP contribution in [0, 0.1) is 0 Å². The van der Waals surface area contributed by atoms with E-state index >= 15 is 0 Å². The standard InChI is InChI=1S/C24H18ClNO3/c1-15-22(24(28)29-2)19(23(27)26(15)21-13-6-5-12-20(21)25)14-17-10-7-9-16-8-3-4-11-18(16)17/h3-14H,1-2H3/b19-14-. The molecule has 0 atom stereocenters. The highest BCUT2D eigenvalue weighted by molar-refractivity contribution is 6.35. The minimum Gasteiger partial charge on any atom is -0.465 e. The summed E-state index contributed by atoms with van der Waals surface area (Å²) in [5, 5.41) is 2.47. The second kappa shape index (κ2) is 7.57. The number of esters is 1. The first-order chi connectivity index (χ1) is 14.0. The summed E-state index contributed by atoms with van der Waals surface area (Å²) in [6.07, 6.45) is 1.75. The topological polar surface area (TPSA) is 46.6 Å². The van der Waals surface area contributed by atoms with Crippen LogP contribution in [0.5, 0.6) is 0 Å². The molecule has 5 heteroatoms. The van der Waals surface area contributed by atoms with E-state index in [0.29, 0.717) is 16.4 Å². The van der Waals surface area contributed by atoms with Gasteiger partial charge in [0.15, 0.2) is 0 Å². The summed E-state index contributed by atoms with van der Waals surface area (Å²) in [6, 6.07) is 20.8. The average Bonchev–Trinajstić information content (AvgIpc) is 2.98. The zero-order valence-corrected chi connectivity index (χ0v) is 16.7. The van der Waals surface area contributed by atoms with Crippen LogP contribution in [0.4, 0.5) is 5.69 Å². The first-order valence-electron chi connectivity index (χ1n) is 9.11. The van der Waals surface area contributed by atoms with E-state index in [9.17, 15) is 9.59 Å². The third-order valence-electron chi connectivity index (χ3n) is 5.01. The Kier molecular flexibility index (Phi) is 4.95. The molecular weight excluding hydrogens is 386 g/mol. The molecule has 1 aliphatic heterocycles. The van der Waals surface area contributed by atoms with Crippen LogP contribution in [0.1, 0.15) is 12.5 Å². The molecule has 0 fully saturated rings. The van der Waals surface area contributed by atoms with Crippen LogP contribution in [-0.2, 0) is 14.3 Å². The van der Waals surface area contributed by atoms with E-state index in [1.165, 1.54) is 12.0 Å². The molecular formula is C24H18ClNO3. The smallest absolute Gasteiger partial charge is 0.340 e. The van der Waals surface area contributed by atoms with Gasteiger partial charge in [-0.15, -0.1) is 0 Å². The molecule has 144 valence electrons. The molecule has 0 spiro atoms. The maximum absolute atomic E-state index is 13.4. The lowest BCUT2D eigenvalue weighted by Crippen LogP contribution is -2.24. The van der Waals surface area contributed by atoms with Crippen molar-refractivity contribution < 1.29 is 14.3 Å². The van der Waals surface area contributed by atoms with Crippen molar-refractivity contribution >= 4 is 46.0 Å². The fraction of sp³-hybridized carbons (Fsp3) is 0.0833. The van der Waals surface area contributed by atoms with E-state index in [0.717, 1.165) is 16.3 Å². The molecule has 1 heterocycles. The summed E-state index contributed by atoms with van der Waals surface area (Å²) in [4.78, 5) is 27.4. The summed E-state index contributed by atoms with van der Waals surface area (Å²) in [5.74, 6) is -0.874. The van der Waals surface area contributed by atoms with Gasteiger partial charge in [-0.3, -0.25) is 9.69 Å². The summed E-state index contributed by atoms with van der Waals surface area (Å²) < 4.78 is 4.97. The Morgan fingerprint density at radius 3 is 2.45 bits per heavy atom. The number of benzene rings is 3. The molecule has 0 saturated heterocycles. The molecule has 0 saturated carbocycles. The maximum Gasteiger partial charge on any atom is 0.340 e. The Balaban J connectivity index is 1.92. The quantitative estimate of drug-likeness (QED) is 0.436. The zero-order chi connectivity index (χ0) is 20.5. The molecule has 0 unspecified atom stereocenters. The van der Waals surface area contributed by atoms with Crippen molar-refractivity contribution in [2.45, 2.75) is 6.92 Å². The molecule has 0 aliphatic carbocycles. The Labute approximate surface area is 173 Å². The van der Waals surface area contributed by atoms with Crippen LogP contribution in [0.25, 0.3) is 16.8 Å². The van der Waals surface area contributed by atoms with Gasteiger partial charge in [-0.2, -0.15) is 0 Å². The molecule has 0 N–H and O–H groups in total. The van der Waals surface area contributed by atoms with Gasteiger partial charge in [0.05, 0.1) is 29.0 Å². The normalized spacial score (nSPS) is 15.5. The van der Waals surface area contributed by atoms with E-state index in [4.69, 9.17) is 16.3 Å². The van der Waals surface area contributed by atoms with Gasteiger partial charge in [-0.25, -0.2) is 4.79 Å². The fourth-order valence-electron chi connectivity index (χ4n) is 3.64. The summed E-state index contributed by atoms with van der Waals surface area (Å²) in [5.41, 5.74) is 2.39. The van der Waals surface area contributed by atoms with Gasteiger partial charge in [0.2, 0.25) is 0 Å². The molecule has 0 radical (unpaired) electrons. The number of methoxy groups -OCH3 is 1. The molecule has 3 aromatic carbocycles. The molecule has 4 nitrogen and oxygen atoms in total. The Hall–Kier alpha value is -3.37. The van der Waals surface area contributed by atoms with Crippen molar-refractivity contribution in [1.29, 1.82) is 0 Å². The highest BCUT2D eigenvalue weighted by atomic mass is 35.5. The van der Waals surface area contributed by atoms with E-state index in [1.54, 1.807) is 37.3 Å². The third-order valence-corrected chi connectivity index (χ3v) is 5.33. The van der Waals surface area contributed by atoms with Crippen molar-refractivity contribution in [3.05, 3.63) is 94.2 Å². The summed E-state index contributed by atoms with van der Waals surface area (Å²) >= 11 is 6.33.